The Balaban J connectivity index is 3.29. The van der Waals surface area contributed by atoms with Gasteiger partial charge in [-0.05, 0) is 25.2 Å². The summed E-state index contributed by atoms with van der Waals surface area (Å²) in [6.45, 7) is 7.52. The van der Waals surface area contributed by atoms with Crippen LogP contribution in [0.3, 0.4) is 0 Å². The van der Waals surface area contributed by atoms with Crippen LogP contribution < -0.4 is 0 Å². The number of carbonyl (C=O) groups excluding carboxylic acids is 2. The van der Waals surface area contributed by atoms with E-state index in [0.717, 1.165) is 57.8 Å². The summed E-state index contributed by atoms with van der Waals surface area (Å²) in [6.07, 6.45) is 14.2. The Morgan fingerprint density at radius 2 is 1.19 bits per heavy atom. The summed E-state index contributed by atoms with van der Waals surface area (Å²) < 4.78 is 10.5. The summed E-state index contributed by atoms with van der Waals surface area (Å²) in [5, 5.41) is 0. The molecule has 4 heteroatoms. The normalized spacial score (nSPS) is 12.0. The third kappa shape index (κ3) is 17.8. The van der Waals surface area contributed by atoms with E-state index in [1.54, 1.807) is 0 Å². The molecule has 26 heavy (non-hydrogen) atoms. The third-order valence-electron chi connectivity index (χ3n) is 4.75. The maximum Gasteiger partial charge on any atom is 0.305 e. The molecule has 0 spiro atoms. The van der Waals surface area contributed by atoms with Gasteiger partial charge in [0.1, 0.15) is 0 Å². The minimum atomic E-state index is -0.0669. The first kappa shape index (κ1) is 24.9. The second-order valence-electron chi connectivity index (χ2n) is 7.45. The van der Waals surface area contributed by atoms with Crippen molar-refractivity contribution in [1.82, 2.24) is 0 Å². The van der Waals surface area contributed by atoms with Crippen LogP contribution in [0.2, 0.25) is 0 Å². The van der Waals surface area contributed by atoms with Gasteiger partial charge in [0.15, 0.2) is 0 Å². The molecule has 0 amide bonds. The van der Waals surface area contributed by atoms with Crippen molar-refractivity contribution >= 4 is 11.9 Å². The fraction of sp³-hybridized carbons (Fsp3) is 0.909. The molecule has 0 rings (SSSR count). The summed E-state index contributed by atoms with van der Waals surface area (Å²) >= 11 is 0. The first-order chi connectivity index (χ1) is 12.6. The maximum absolute atomic E-state index is 11.6. The van der Waals surface area contributed by atoms with Crippen molar-refractivity contribution < 1.29 is 19.1 Å². The highest BCUT2D eigenvalue weighted by Crippen LogP contribution is 2.10. The van der Waals surface area contributed by atoms with Gasteiger partial charge in [0.2, 0.25) is 0 Å². The summed E-state index contributed by atoms with van der Waals surface area (Å²) in [5.41, 5.74) is 0. The van der Waals surface area contributed by atoms with Crippen LogP contribution >= 0.6 is 0 Å². The number of rotatable bonds is 18. The molecule has 0 aliphatic heterocycles. The zero-order valence-electron chi connectivity index (χ0n) is 17.5. The van der Waals surface area contributed by atoms with E-state index in [9.17, 15) is 9.59 Å². The van der Waals surface area contributed by atoms with Crippen molar-refractivity contribution in [2.45, 2.75) is 111 Å². The predicted octanol–water partition coefficient (Wildman–Crippen LogP) is 6.21. The lowest BCUT2D eigenvalue weighted by atomic mass is 10.1. The lowest BCUT2D eigenvalue weighted by molar-refractivity contribution is -0.145. The van der Waals surface area contributed by atoms with Gasteiger partial charge in [-0.1, -0.05) is 78.6 Å². The van der Waals surface area contributed by atoms with E-state index >= 15 is 0 Å². The molecule has 1 atom stereocenters. The Kier molecular flexibility index (Phi) is 18.0. The number of hydrogen-bond donors (Lipinski definition) is 0. The minimum Gasteiger partial charge on any atom is -0.466 e. The molecule has 0 aliphatic carbocycles. The summed E-state index contributed by atoms with van der Waals surface area (Å²) in [6, 6.07) is 0. The van der Waals surface area contributed by atoms with Gasteiger partial charge in [-0.25, -0.2) is 0 Å². The van der Waals surface area contributed by atoms with E-state index in [4.69, 9.17) is 9.47 Å². The molecule has 0 N–H and O–H groups in total. The topological polar surface area (TPSA) is 52.6 Å². The van der Waals surface area contributed by atoms with Crippen molar-refractivity contribution in [2.24, 2.45) is 5.92 Å². The van der Waals surface area contributed by atoms with Crippen molar-refractivity contribution in [3.63, 3.8) is 0 Å². The maximum atomic E-state index is 11.6. The molecule has 1 unspecified atom stereocenters. The zero-order chi connectivity index (χ0) is 19.5. The van der Waals surface area contributed by atoms with E-state index in [1.807, 2.05) is 0 Å². The van der Waals surface area contributed by atoms with Gasteiger partial charge in [-0.3, -0.25) is 9.59 Å². The van der Waals surface area contributed by atoms with Crippen molar-refractivity contribution in [3.8, 4) is 0 Å². The number of esters is 2. The third-order valence-corrected chi connectivity index (χ3v) is 4.75. The monoisotopic (exact) mass is 370 g/mol. The van der Waals surface area contributed by atoms with Gasteiger partial charge in [0.05, 0.1) is 13.2 Å². The molecule has 0 aromatic heterocycles. The molecule has 154 valence electrons. The number of hydrogen-bond acceptors (Lipinski definition) is 4. The van der Waals surface area contributed by atoms with E-state index in [-0.39, 0.29) is 11.9 Å². The van der Waals surface area contributed by atoms with Crippen molar-refractivity contribution in [3.05, 3.63) is 0 Å². The van der Waals surface area contributed by atoms with E-state index in [0.29, 0.717) is 32.0 Å². The Labute approximate surface area is 161 Å². The van der Waals surface area contributed by atoms with Crippen LogP contribution in [-0.2, 0) is 19.1 Å². The smallest absolute Gasteiger partial charge is 0.305 e. The predicted molar refractivity (Wildman–Crippen MR) is 107 cm³/mol. The molecule has 4 nitrogen and oxygen atoms in total. The van der Waals surface area contributed by atoms with Crippen LogP contribution in [0.25, 0.3) is 0 Å². The molecule has 0 radical (unpaired) electrons. The fourth-order valence-corrected chi connectivity index (χ4v) is 2.63. The van der Waals surface area contributed by atoms with Gasteiger partial charge in [-0.15, -0.1) is 0 Å². The molecule has 0 saturated heterocycles. The number of carbonyl (C=O) groups is 2. The van der Waals surface area contributed by atoms with Crippen LogP contribution in [0.15, 0.2) is 0 Å². The van der Waals surface area contributed by atoms with E-state index in [2.05, 4.69) is 20.8 Å². The second kappa shape index (κ2) is 18.7. The number of ether oxygens (including phenoxy) is 2. The summed E-state index contributed by atoms with van der Waals surface area (Å²) in [5.74, 6) is 0.332. The average molecular weight is 371 g/mol. The largest absolute Gasteiger partial charge is 0.466 e. The molecule has 0 aromatic carbocycles. The first-order valence-electron chi connectivity index (χ1n) is 10.9. The van der Waals surface area contributed by atoms with Gasteiger partial charge in [0.25, 0.3) is 0 Å². The first-order valence-corrected chi connectivity index (χ1v) is 10.9. The van der Waals surface area contributed by atoms with Crippen LogP contribution in [0.4, 0.5) is 0 Å². The van der Waals surface area contributed by atoms with Gasteiger partial charge in [0, 0.05) is 12.8 Å². The van der Waals surface area contributed by atoms with Gasteiger partial charge in [-0.2, -0.15) is 0 Å². The Hall–Kier alpha value is -1.06. The molecular weight excluding hydrogens is 328 g/mol. The van der Waals surface area contributed by atoms with Crippen molar-refractivity contribution in [1.29, 1.82) is 0 Å². The Morgan fingerprint density at radius 3 is 1.77 bits per heavy atom. The van der Waals surface area contributed by atoms with Gasteiger partial charge < -0.3 is 9.47 Å². The SMILES string of the molecule is CCCCCCCOC(=O)CCCCCCCCC(=O)OCC(C)CC. The minimum absolute atomic E-state index is 0.0513. The Morgan fingerprint density at radius 1 is 0.692 bits per heavy atom. The molecule has 0 heterocycles. The highest BCUT2D eigenvalue weighted by atomic mass is 16.5. The molecule has 0 aromatic rings. The molecule has 0 fully saturated rings. The average Bonchev–Trinajstić information content (AvgIpc) is 2.64. The quantitative estimate of drug-likeness (QED) is 0.212. The standard InChI is InChI=1S/C22H42O4/c1-4-6-7-12-15-18-25-21(23)16-13-10-8-9-11-14-17-22(24)26-19-20(3)5-2/h20H,4-19H2,1-3H3. The van der Waals surface area contributed by atoms with Crippen LogP contribution in [-0.4, -0.2) is 25.2 Å². The highest BCUT2D eigenvalue weighted by molar-refractivity contribution is 5.69. The fourth-order valence-electron chi connectivity index (χ4n) is 2.63. The molecular formula is C22H42O4. The van der Waals surface area contributed by atoms with E-state index in [1.165, 1.54) is 19.3 Å². The zero-order valence-corrected chi connectivity index (χ0v) is 17.5. The lowest BCUT2D eigenvalue weighted by Gasteiger charge is -2.09. The lowest BCUT2D eigenvalue weighted by Crippen LogP contribution is -2.11. The van der Waals surface area contributed by atoms with Crippen LogP contribution in [0.5, 0.6) is 0 Å². The summed E-state index contributed by atoms with van der Waals surface area (Å²) in [7, 11) is 0. The highest BCUT2D eigenvalue weighted by Gasteiger charge is 2.06. The molecule has 0 saturated carbocycles. The molecule has 0 bridgehead atoms. The van der Waals surface area contributed by atoms with E-state index < -0.39 is 0 Å². The summed E-state index contributed by atoms with van der Waals surface area (Å²) in [4.78, 5) is 23.2. The molecule has 0 aliphatic rings. The van der Waals surface area contributed by atoms with Crippen molar-refractivity contribution in [2.75, 3.05) is 13.2 Å². The Bertz CT molecular complexity index is 341. The van der Waals surface area contributed by atoms with Gasteiger partial charge >= 0.3 is 11.9 Å². The van der Waals surface area contributed by atoms with Crippen LogP contribution in [0.1, 0.15) is 111 Å². The number of unbranched alkanes of at least 4 members (excludes halogenated alkanes) is 9. The van der Waals surface area contributed by atoms with Crippen LogP contribution in [0, 0.1) is 5.92 Å². The second-order valence-corrected chi connectivity index (χ2v) is 7.45.